The molecule has 0 bridgehead atoms. The van der Waals surface area contributed by atoms with E-state index in [-0.39, 0.29) is 12.0 Å². The van der Waals surface area contributed by atoms with Crippen molar-refractivity contribution in [2.75, 3.05) is 0 Å². The van der Waals surface area contributed by atoms with E-state index in [0.29, 0.717) is 31.1 Å². The molecule has 0 saturated heterocycles. The Morgan fingerprint density at radius 1 is 1.04 bits per heavy atom. The van der Waals surface area contributed by atoms with E-state index in [9.17, 15) is 24.9 Å². The zero-order chi connectivity index (χ0) is 19.5. The first-order chi connectivity index (χ1) is 11.4. The predicted octanol–water partition coefficient (Wildman–Crippen LogP) is 3.19. The molecule has 0 spiro atoms. The molecule has 1 aliphatic carbocycles. The number of hydrogen-bond acceptors (Lipinski definition) is 5. The van der Waals surface area contributed by atoms with Crippen LogP contribution in [0.2, 0.25) is 0 Å². The molecule has 0 aromatic carbocycles. The van der Waals surface area contributed by atoms with E-state index in [1.54, 1.807) is 13.8 Å². The average molecular weight is 354 g/mol. The highest BCUT2D eigenvalue weighted by atomic mass is 16.4. The van der Waals surface area contributed by atoms with Crippen LogP contribution in [0.5, 0.6) is 0 Å². The topological polar surface area (TPSA) is 94.8 Å². The Balaban J connectivity index is 3.27. The summed E-state index contributed by atoms with van der Waals surface area (Å²) in [6.07, 6.45) is 0.604. The fraction of sp³-hybridized carbons (Fsp3) is 0.800. The quantitative estimate of drug-likeness (QED) is 0.553. The molecule has 1 unspecified atom stereocenters. The van der Waals surface area contributed by atoms with Crippen LogP contribution in [0.1, 0.15) is 67.2 Å². The van der Waals surface area contributed by atoms with E-state index < -0.39 is 40.9 Å². The Bertz CT molecular complexity index is 532. The molecule has 0 fully saturated rings. The van der Waals surface area contributed by atoms with Crippen molar-refractivity contribution in [3.05, 3.63) is 11.3 Å². The van der Waals surface area contributed by atoms with E-state index in [0.717, 1.165) is 0 Å². The summed E-state index contributed by atoms with van der Waals surface area (Å²) in [6.45, 7) is 11.3. The van der Waals surface area contributed by atoms with Crippen LogP contribution in [0.3, 0.4) is 0 Å². The zero-order valence-corrected chi connectivity index (χ0v) is 16.4. The number of aliphatic hydroxyl groups excluding tert-OH is 2. The summed E-state index contributed by atoms with van der Waals surface area (Å²) in [4.78, 5) is 25.2. The standard InChI is InChI=1S/C20H34O5/c1-11(2)7-9-14-18(23)16(17(22)13(5)6)19(24)20(14,25)15(21)10-8-12(3)4/h11-15,21,24-25H,7-10H2,1-6H3/t14-,15?,20-/m0/s1. The van der Waals surface area contributed by atoms with Gasteiger partial charge in [-0.2, -0.15) is 0 Å². The maximum atomic E-state index is 12.8. The molecule has 0 radical (unpaired) electrons. The Kier molecular flexibility index (Phi) is 7.39. The molecule has 3 N–H and O–H groups in total. The Morgan fingerprint density at radius 3 is 2.00 bits per heavy atom. The molecule has 0 heterocycles. The third-order valence-electron chi connectivity index (χ3n) is 5.04. The monoisotopic (exact) mass is 354 g/mol. The average Bonchev–Trinajstić information content (AvgIpc) is 2.69. The van der Waals surface area contributed by atoms with Gasteiger partial charge in [0.15, 0.2) is 17.2 Å². The second-order valence-corrected chi connectivity index (χ2v) is 8.44. The van der Waals surface area contributed by atoms with Gasteiger partial charge in [0.1, 0.15) is 11.3 Å². The number of aliphatic hydroxyl groups is 3. The maximum Gasteiger partial charge on any atom is 0.176 e. The molecule has 0 aliphatic heterocycles. The van der Waals surface area contributed by atoms with Crippen molar-refractivity contribution >= 4 is 11.6 Å². The lowest BCUT2D eigenvalue weighted by molar-refractivity contribution is -0.137. The lowest BCUT2D eigenvalue weighted by atomic mass is 9.78. The third-order valence-corrected chi connectivity index (χ3v) is 5.04. The van der Waals surface area contributed by atoms with Gasteiger partial charge in [-0.25, -0.2) is 0 Å². The second kappa shape index (κ2) is 8.45. The molecule has 5 heteroatoms. The van der Waals surface area contributed by atoms with Crippen LogP contribution in [-0.4, -0.2) is 38.6 Å². The van der Waals surface area contributed by atoms with E-state index in [2.05, 4.69) is 0 Å². The van der Waals surface area contributed by atoms with Gasteiger partial charge in [0.05, 0.1) is 12.0 Å². The number of rotatable bonds is 9. The Labute approximate surface area is 151 Å². The van der Waals surface area contributed by atoms with Crippen LogP contribution in [0.25, 0.3) is 0 Å². The van der Waals surface area contributed by atoms with Crippen LogP contribution in [-0.2, 0) is 9.59 Å². The van der Waals surface area contributed by atoms with Crippen LogP contribution in [0.15, 0.2) is 11.3 Å². The summed E-state index contributed by atoms with van der Waals surface area (Å²) < 4.78 is 0. The van der Waals surface area contributed by atoms with E-state index in [1.165, 1.54) is 0 Å². The number of carbonyl (C=O) groups excluding carboxylic acids is 2. The molecule has 0 aromatic heterocycles. The van der Waals surface area contributed by atoms with Gasteiger partial charge in [0.25, 0.3) is 0 Å². The number of hydrogen-bond donors (Lipinski definition) is 3. The fourth-order valence-electron chi connectivity index (χ4n) is 3.34. The number of ketones is 2. The first kappa shape index (κ1) is 21.8. The van der Waals surface area contributed by atoms with Crippen LogP contribution < -0.4 is 0 Å². The van der Waals surface area contributed by atoms with Crippen molar-refractivity contribution < 1.29 is 24.9 Å². The smallest absolute Gasteiger partial charge is 0.176 e. The van der Waals surface area contributed by atoms with Crippen molar-refractivity contribution in [1.82, 2.24) is 0 Å². The van der Waals surface area contributed by atoms with Crippen molar-refractivity contribution in [3.8, 4) is 0 Å². The van der Waals surface area contributed by atoms with Gasteiger partial charge in [-0.1, -0.05) is 48.0 Å². The minimum Gasteiger partial charge on any atom is -0.508 e. The minimum absolute atomic E-state index is 0.257. The van der Waals surface area contributed by atoms with E-state index >= 15 is 0 Å². The fourth-order valence-corrected chi connectivity index (χ4v) is 3.34. The summed E-state index contributed by atoms with van der Waals surface area (Å²) in [6, 6.07) is 0. The van der Waals surface area contributed by atoms with Gasteiger partial charge in [-0.15, -0.1) is 0 Å². The van der Waals surface area contributed by atoms with Crippen LogP contribution in [0.4, 0.5) is 0 Å². The van der Waals surface area contributed by atoms with Gasteiger partial charge < -0.3 is 15.3 Å². The minimum atomic E-state index is -2.07. The Morgan fingerprint density at radius 2 is 1.56 bits per heavy atom. The molecule has 1 rings (SSSR count). The molecule has 3 atom stereocenters. The van der Waals surface area contributed by atoms with Crippen molar-refractivity contribution in [2.45, 2.75) is 78.9 Å². The van der Waals surface area contributed by atoms with Crippen molar-refractivity contribution in [1.29, 1.82) is 0 Å². The van der Waals surface area contributed by atoms with Crippen LogP contribution >= 0.6 is 0 Å². The molecule has 5 nitrogen and oxygen atoms in total. The highest BCUT2D eigenvalue weighted by Crippen LogP contribution is 2.44. The highest BCUT2D eigenvalue weighted by molar-refractivity contribution is 6.24. The largest absolute Gasteiger partial charge is 0.508 e. The van der Waals surface area contributed by atoms with Gasteiger partial charge >= 0.3 is 0 Å². The molecule has 25 heavy (non-hydrogen) atoms. The molecule has 1 aliphatic rings. The first-order valence-electron chi connectivity index (χ1n) is 9.37. The second-order valence-electron chi connectivity index (χ2n) is 8.44. The molecule has 0 saturated carbocycles. The summed E-state index contributed by atoms with van der Waals surface area (Å²) >= 11 is 0. The number of allylic oxidation sites excluding steroid dienone is 1. The van der Waals surface area contributed by atoms with E-state index in [4.69, 9.17) is 0 Å². The van der Waals surface area contributed by atoms with Gasteiger partial charge in [-0.3, -0.25) is 9.59 Å². The molecule has 0 amide bonds. The van der Waals surface area contributed by atoms with Gasteiger partial charge in [0.2, 0.25) is 0 Å². The zero-order valence-electron chi connectivity index (χ0n) is 16.4. The predicted molar refractivity (Wildman–Crippen MR) is 97.1 cm³/mol. The summed E-state index contributed by atoms with van der Waals surface area (Å²) in [5.74, 6) is -2.49. The SMILES string of the molecule is CC(C)CCC(O)[C@]1(O)C(O)=C(C(=O)C(C)C)C(=O)[C@@H]1CCC(C)C. The first-order valence-corrected chi connectivity index (χ1v) is 9.37. The van der Waals surface area contributed by atoms with E-state index in [1.807, 2.05) is 27.7 Å². The summed E-state index contributed by atoms with van der Waals surface area (Å²) in [5, 5.41) is 32.4. The van der Waals surface area contributed by atoms with Gasteiger partial charge in [-0.05, 0) is 31.1 Å². The number of Topliss-reactive ketones (excluding diaryl/α,β-unsaturated/α-hetero) is 2. The summed E-state index contributed by atoms with van der Waals surface area (Å²) in [7, 11) is 0. The lowest BCUT2D eigenvalue weighted by Gasteiger charge is -2.34. The highest BCUT2D eigenvalue weighted by Gasteiger charge is 2.58. The Hall–Kier alpha value is -1.20. The van der Waals surface area contributed by atoms with Gasteiger partial charge in [0, 0.05) is 5.92 Å². The molecule has 144 valence electrons. The maximum absolute atomic E-state index is 12.8. The summed E-state index contributed by atoms with van der Waals surface area (Å²) in [5.41, 5.74) is -2.39. The lowest BCUT2D eigenvalue weighted by Crippen LogP contribution is -2.49. The molecular weight excluding hydrogens is 320 g/mol. The number of carbonyl (C=O) groups is 2. The third kappa shape index (κ3) is 4.50. The molecule has 0 aromatic rings. The van der Waals surface area contributed by atoms with Crippen LogP contribution in [0, 0.1) is 23.7 Å². The van der Waals surface area contributed by atoms with Crippen molar-refractivity contribution in [2.24, 2.45) is 23.7 Å². The normalized spacial score (nSPS) is 25.6. The molecular formula is C20H34O5. The van der Waals surface area contributed by atoms with Crippen molar-refractivity contribution in [3.63, 3.8) is 0 Å².